The molecule has 1 aromatic carbocycles. The number of carbonyl (C=O) groups is 1. The standard InChI is InChI=1S/C14H12ClNO5/c1-21-14(20)12-10(17)6-11(18)16(13(12)19)7-8-4-2-3-5-9(8)15/h2-6,17-18H,7H2,1H3. The van der Waals surface area contributed by atoms with E-state index in [4.69, 9.17) is 11.6 Å². The lowest BCUT2D eigenvalue weighted by Gasteiger charge is -2.12. The average Bonchev–Trinajstić information content (AvgIpc) is 2.44. The van der Waals surface area contributed by atoms with E-state index in [2.05, 4.69) is 4.74 Å². The Bertz CT molecular complexity index is 754. The van der Waals surface area contributed by atoms with Crippen molar-refractivity contribution >= 4 is 17.6 Å². The minimum absolute atomic E-state index is 0.0470. The van der Waals surface area contributed by atoms with Gasteiger partial charge in [0.1, 0.15) is 5.75 Å². The van der Waals surface area contributed by atoms with Gasteiger partial charge in [-0.25, -0.2) is 4.79 Å². The van der Waals surface area contributed by atoms with E-state index >= 15 is 0 Å². The summed E-state index contributed by atoms with van der Waals surface area (Å²) < 4.78 is 5.37. The molecule has 1 heterocycles. The molecule has 0 aliphatic carbocycles. The Kier molecular flexibility index (Phi) is 4.18. The van der Waals surface area contributed by atoms with Gasteiger partial charge >= 0.3 is 5.97 Å². The van der Waals surface area contributed by atoms with Crippen molar-refractivity contribution < 1.29 is 19.7 Å². The van der Waals surface area contributed by atoms with Crippen molar-refractivity contribution in [3.8, 4) is 11.6 Å². The van der Waals surface area contributed by atoms with Crippen LogP contribution in [0.2, 0.25) is 5.02 Å². The predicted molar refractivity (Wildman–Crippen MR) is 75.9 cm³/mol. The van der Waals surface area contributed by atoms with Gasteiger partial charge in [0.15, 0.2) is 11.4 Å². The first kappa shape index (κ1) is 14.9. The number of benzene rings is 1. The largest absolute Gasteiger partial charge is 0.507 e. The Labute approximate surface area is 124 Å². The summed E-state index contributed by atoms with van der Waals surface area (Å²) in [5.41, 5.74) is -0.820. The highest BCUT2D eigenvalue weighted by Crippen LogP contribution is 2.22. The number of halogens is 1. The zero-order valence-corrected chi connectivity index (χ0v) is 11.8. The van der Waals surface area contributed by atoms with Gasteiger partial charge in [0.05, 0.1) is 13.7 Å². The first-order chi connectivity index (χ1) is 9.95. The summed E-state index contributed by atoms with van der Waals surface area (Å²) >= 11 is 6.00. The fourth-order valence-electron chi connectivity index (χ4n) is 1.86. The number of hydrogen-bond acceptors (Lipinski definition) is 5. The molecule has 110 valence electrons. The molecule has 2 aromatic rings. The van der Waals surface area contributed by atoms with Crippen LogP contribution in [-0.2, 0) is 11.3 Å². The summed E-state index contributed by atoms with van der Waals surface area (Å²) in [5.74, 6) is -2.10. The third-order valence-electron chi connectivity index (χ3n) is 2.93. The maximum absolute atomic E-state index is 12.2. The van der Waals surface area contributed by atoms with Crippen LogP contribution in [0.5, 0.6) is 11.6 Å². The number of ether oxygens (including phenoxy) is 1. The molecule has 1 aromatic heterocycles. The highest BCUT2D eigenvalue weighted by Gasteiger charge is 2.21. The fourth-order valence-corrected chi connectivity index (χ4v) is 2.06. The molecular weight excluding hydrogens is 298 g/mol. The molecule has 0 fully saturated rings. The Morgan fingerprint density at radius 3 is 2.62 bits per heavy atom. The van der Waals surface area contributed by atoms with Gasteiger partial charge in [-0.05, 0) is 11.6 Å². The van der Waals surface area contributed by atoms with E-state index in [-0.39, 0.29) is 6.54 Å². The van der Waals surface area contributed by atoms with E-state index in [0.29, 0.717) is 10.6 Å². The summed E-state index contributed by atoms with van der Waals surface area (Å²) in [6, 6.07) is 7.68. The van der Waals surface area contributed by atoms with Crippen LogP contribution in [0.15, 0.2) is 35.1 Å². The van der Waals surface area contributed by atoms with Crippen LogP contribution in [0.3, 0.4) is 0 Å². The quantitative estimate of drug-likeness (QED) is 0.843. The van der Waals surface area contributed by atoms with Crippen molar-refractivity contribution in [2.24, 2.45) is 0 Å². The number of esters is 1. The molecule has 21 heavy (non-hydrogen) atoms. The second kappa shape index (κ2) is 5.88. The Hall–Kier alpha value is -2.47. The van der Waals surface area contributed by atoms with Crippen LogP contribution < -0.4 is 5.56 Å². The highest BCUT2D eigenvalue weighted by atomic mass is 35.5. The summed E-state index contributed by atoms with van der Waals surface area (Å²) in [5, 5.41) is 19.8. The van der Waals surface area contributed by atoms with Crippen LogP contribution in [0.4, 0.5) is 0 Å². The van der Waals surface area contributed by atoms with Crippen LogP contribution >= 0.6 is 11.6 Å². The van der Waals surface area contributed by atoms with Crippen LogP contribution in [-0.4, -0.2) is 27.9 Å². The van der Waals surface area contributed by atoms with Crippen LogP contribution in [0.25, 0.3) is 0 Å². The first-order valence-electron chi connectivity index (χ1n) is 5.93. The molecule has 2 rings (SSSR count). The van der Waals surface area contributed by atoms with Gasteiger partial charge in [0.25, 0.3) is 5.56 Å². The molecule has 6 nitrogen and oxygen atoms in total. The molecule has 0 unspecified atom stereocenters. The van der Waals surface area contributed by atoms with Crippen molar-refractivity contribution in [3.05, 3.63) is 56.8 Å². The second-order valence-electron chi connectivity index (χ2n) is 4.24. The second-order valence-corrected chi connectivity index (χ2v) is 4.64. The van der Waals surface area contributed by atoms with Gasteiger partial charge in [-0.1, -0.05) is 29.8 Å². The lowest BCUT2D eigenvalue weighted by Crippen LogP contribution is -2.27. The fraction of sp³-hybridized carbons (Fsp3) is 0.143. The first-order valence-corrected chi connectivity index (χ1v) is 6.31. The summed E-state index contributed by atoms with van der Waals surface area (Å²) in [6.07, 6.45) is 0. The molecule has 0 saturated heterocycles. The summed E-state index contributed by atoms with van der Waals surface area (Å²) in [7, 11) is 1.09. The van der Waals surface area contributed by atoms with Crippen molar-refractivity contribution in [1.82, 2.24) is 4.57 Å². The normalized spacial score (nSPS) is 10.4. The molecule has 0 atom stereocenters. The maximum atomic E-state index is 12.2. The summed E-state index contributed by atoms with van der Waals surface area (Å²) in [6.45, 7) is -0.0470. The van der Waals surface area contributed by atoms with Crippen molar-refractivity contribution in [3.63, 3.8) is 0 Å². The number of aromatic nitrogens is 1. The van der Waals surface area contributed by atoms with Gasteiger partial charge in [-0.2, -0.15) is 0 Å². The Balaban J connectivity index is 2.57. The summed E-state index contributed by atoms with van der Waals surface area (Å²) in [4.78, 5) is 23.8. The third kappa shape index (κ3) is 2.85. The molecular formula is C14H12ClNO5. The number of carbonyl (C=O) groups excluding carboxylic acids is 1. The molecule has 0 saturated carbocycles. The molecule has 2 N–H and O–H groups in total. The molecule has 0 amide bonds. The number of rotatable bonds is 3. The maximum Gasteiger partial charge on any atom is 0.347 e. The lowest BCUT2D eigenvalue weighted by atomic mass is 10.2. The average molecular weight is 310 g/mol. The van der Waals surface area contributed by atoms with Gasteiger partial charge < -0.3 is 14.9 Å². The van der Waals surface area contributed by atoms with E-state index in [0.717, 1.165) is 17.7 Å². The van der Waals surface area contributed by atoms with E-state index in [9.17, 15) is 19.8 Å². The SMILES string of the molecule is COC(=O)c1c(O)cc(O)n(Cc2ccccc2Cl)c1=O. The van der Waals surface area contributed by atoms with Gasteiger partial charge in [0.2, 0.25) is 0 Å². The smallest absolute Gasteiger partial charge is 0.347 e. The lowest BCUT2D eigenvalue weighted by molar-refractivity contribution is 0.0594. The van der Waals surface area contributed by atoms with E-state index in [1.807, 2.05) is 0 Å². The van der Waals surface area contributed by atoms with Crippen molar-refractivity contribution in [2.45, 2.75) is 6.54 Å². The molecule has 0 spiro atoms. The number of hydrogen-bond donors (Lipinski definition) is 2. The molecule has 0 radical (unpaired) electrons. The molecule has 0 aliphatic rings. The van der Waals surface area contributed by atoms with Gasteiger partial charge in [-0.15, -0.1) is 0 Å². The highest BCUT2D eigenvalue weighted by molar-refractivity contribution is 6.31. The van der Waals surface area contributed by atoms with E-state index < -0.39 is 28.7 Å². The number of nitrogens with zero attached hydrogens (tertiary/aromatic N) is 1. The molecule has 0 bridgehead atoms. The topological polar surface area (TPSA) is 88.8 Å². The van der Waals surface area contributed by atoms with Crippen LogP contribution in [0.1, 0.15) is 15.9 Å². The van der Waals surface area contributed by atoms with Crippen molar-refractivity contribution in [1.29, 1.82) is 0 Å². The van der Waals surface area contributed by atoms with Gasteiger partial charge in [0, 0.05) is 11.1 Å². The molecule has 7 heteroatoms. The minimum atomic E-state index is -0.981. The zero-order chi connectivity index (χ0) is 15.6. The van der Waals surface area contributed by atoms with E-state index in [1.165, 1.54) is 0 Å². The number of aromatic hydroxyl groups is 2. The molecule has 0 aliphatic heterocycles. The van der Waals surface area contributed by atoms with E-state index in [1.54, 1.807) is 24.3 Å². The number of methoxy groups -OCH3 is 1. The monoisotopic (exact) mass is 309 g/mol. The minimum Gasteiger partial charge on any atom is -0.507 e. The number of pyridine rings is 1. The Morgan fingerprint density at radius 1 is 1.33 bits per heavy atom. The van der Waals surface area contributed by atoms with Gasteiger partial charge in [-0.3, -0.25) is 9.36 Å². The zero-order valence-electron chi connectivity index (χ0n) is 11.0. The third-order valence-corrected chi connectivity index (χ3v) is 3.30. The Morgan fingerprint density at radius 2 is 2.00 bits per heavy atom. The van der Waals surface area contributed by atoms with Crippen molar-refractivity contribution in [2.75, 3.05) is 7.11 Å². The van der Waals surface area contributed by atoms with Crippen LogP contribution in [0, 0.1) is 0 Å². The predicted octanol–water partition coefficient (Wildman–Crippen LogP) is 1.75.